The summed E-state index contributed by atoms with van der Waals surface area (Å²) in [5.74, 6) is 2.25. The summed E-state index contributed by atoms with van der Waals surface area (Å²) >= 11 is 0. The third-order valence-electron chi connectivity index (χ3n) is 4.90. The number of aromatic nitrogens is 6. The van der Waals surface area contributed by atoms with Crippen LogP contribution in [0.4, 0.5) is 17.6 Å². The quantitative estimate of drug-likeness (QED) is 0.390. The van der Waals surface area contributed by atoms with Gasteiger partial charge < -0.3 is 15.6 Å². The molecular weight excluding hydrogens is 376 g/mol. The predicted molar refractivity (Wildman–Crippen MR) is 118 cm³/mol. The molecule has 0 atom stereocenters. The summed E-state index contributed by atoms with van der Waals surface area (Å²) in [6.07, 6.45) is 1.85. The Labute approximate surface area is 173 Å². The molecule has 5 aromatic rings. The third-order valence-corrected chi connectivity index (χ3v) is 4.90. The minimum atomic E-state index is 0.296. The lowest BCUT2D eigenvalue weighted by atomic mass is 10.1. The van der Waals surface area contributed by atoms with E-state index in [2.05, 4.69) is 44.5 Å². The molecule has 0 fully saturated rings. The molecule has 8 heteroatoms. The van der Waals surface area contributed by atoms with Crippen molar-refractivity contribution in [2.75, 3.05) is 10.6 Å². The van der Waals surface area contributed by atoms with Crippen LogP contribution in [0.3, 0.4) is 0 Å². The molecule has 0 aliphatic carbocycles. The first-order valence-electron chi connectivity index (χ1n) is 9.92. The average Bonchev–Trinajstić information content (AvgIpc) is 3.36. The lowest BCUT2D eigenvalue weighted by Crippen LogP contribution is -2.11. The van der Waals surface area contributed by atoms with Gasteiger partial charge >= 0.3 is 0 Å². The Morgan fingerprint density at radius 2 is 1.77 bits per heavy atom. The fraction of sp³-hybridized carbons (Fsp3) is 0.182. The van der Waals surface area contributed by atoms with Crippen LogP contribution in [0.5, 0.6) is 0 Å². The highest BCUT2D eigenvalue weighted by atomic mass is 15.4. The van der Waals surface area contributed by atoms with E-state index in [0.29, 0.717) is 24.4 Å². The van der Waals surface area contributed by atoms with Crippen molar-refractivity contribution in [2.45, 2.75) is 26.3 Å². The second-order valence-corrected chi connectivity index (χ2v) is 7.41. The SMILES string of the molecule is CC(C)c1cnn2c(NCc3nc4ccccc4[nH]3)nc(Nc3ccccc3)nc12. The van der Waals surface area contributed by atoms with E-state index in [-0.39, 0.29) is 0 Å². The van der Waals surface area contributed by atoms with Crippen molar-refractivity contribution in [3.05, 3.63) is 72.2 Å². The van der Waals surface area contributed by atoms with Crippen molar-refractivity contribution in [3.63, 3.8) is 0 Å². The van der Waals surface area contributed by atoms with Crippen molar-refractivity contribution in [3.8, 4) is 0 Å². The number of nitrogens with zero attached hydrogens (tertiary/aromatic N) is 5. The summed E-state index contributed by atoms with van der Waals surface area (Å²) < 4.78 is 1.74. The first-order valence-corrected chi connectivity index (χ1v) is 9.92. The molecular formula is C22H22N8. The van der Waals surface area contributed by atoms with Crippen LogP contribution in [0, 0.1) is 0 Å². The molecule has 5 rings (SSSR count). The minimum absolute atomic E-state index is 0.296. The molecule has 30 heavy (non-hydrogen) atoms. The van der Waals surface area contributed by atoms with Gasteiger partial charge in [-0.25, -0.2) is 4.98 Å². The summed E-state index contributed by atoms with van der Waals surface area (Å²) in [6, 6.07) is 17.9. The number of H-pyrrole nitrogens is 1. The second kappa shape index (κ2) is 7.47. The lowest BCUT2D eigenvalue weighted by molar-refractivity contribution is 0.863. The zero-order valence-corrected chi connectivity index (χ0v) is 16.8. The van der Waals surface area contributed by atoms with Crippen LogP contribution in [0.1, 0.15) is 31.2 Å². The maximum Gasteiger partial charge on any atom is 0.232 e. The van der Waals surface area contributed by atoms with Crippen LogP contribution < -0.4 is 10.6 Å². The van der Waals surface area contributed by atoms with Crippen LogP contribution in [0.2, 0.25) is 0 Å². The van der Waals surface area contributed by atoms with Gasteiger partial charge in [-0.3, -0.25) is 0 Å². The van der Waals surface area contributed by atoms with Gasteiger partial charge in [-0.05, 0) is 30.2 Å². The number of imidazole rings is 1. The average molecular weight is 398 g/mol. The summed E-state index contributed by atoms with van der Waals surface area (Å²) in [5, 5.41) is 11.2. The van der Waals surface area contributed by atoms with Gasteiger partial charge in [0.15, 0.2) is 5.65 Å². The van der Waals surface area contributed by atoms with Crippen molar-refractivity contribution in [2.24, 2.45) is 0 Å². The molecule has 0 saturated carbocycles. The Morgan fingerprint density at radius 3 is 2.57 bits per heavy atom. The number of nitrogens with one attached hydrogen (secondary N) is 3. The van der Waals surface area contributed by atoms with Crippen molar-refractivity contribution >= 4 is 34.3 Å². The van der Waals surface area contributed by atoms with Gasteiger partial charge in [0.2, 0.25) is 11.9 Å². The van der Waals surface area contributed by atoms with Gasteiger partial charge in [-0.15, -0.1) is 0 Å². The van der Waals surface area contributed by atoms with Gasteiger partial charge in [0.05, 0.1) is 23.8 Å². The Balaban J connectivity index is 1.50. The van der Waals surface area contributed by atoms with Gasteiger partial charge in [-0.2, -0.15) is 19.6 Å². The van der Waals surface area contributed by atoms with E-state index in [1.54, 1.807) is 4.52 Å². The number of fused-ring (bicyclic) bond motifs is 2. The minimum Gasteiger partial charge on any atom is -0.347 e. The van der Waals surface area contributed by atoms with Gasteiger partial charge in [0.1, 0.15) is 5.82 Å². The molecule has 0 aliphatic heterocycles. The largest absolute Gasteiger partial charge is 0.347 e. The monoisotopic (exact) mass is 398 g/mol. The van der Waals surface area contributed by atoms with Crippen LogP contribution in [0.25, 0.3) is 16.7 Å². The third kappa shape index (κ3) is 3.43. The van der Waals surface area contributed by atoms with Crippen molar-refractivity contribution in [1.82, 2.24) is 29.5 Å². The van der Waals surface area contributed by atoms with Crippen LogP contribution in [0.15, 0.2) is 60.8 Å². The molecule has 150 valence electrons. The van der Waals surface area contributed by atoms with E-state index >= 15 is 0 Å². The number of rotatable bonds is 6. The summed E-state index contributed by atoms with van der Waals surface area (Å²) in [6.45, 7) is 4.75. The lowest BCUT2D eigenvalue weighted by Gasteiger charge is -2.11. The van der Waals surface area contributed by atoms with E-state index in [1.165, 1.54) is 0 Å². The number of anilines is 3. The van der Waals surface area contributed by atoms with E-state index in [9.17, 15) is 0 Å². The molecule has 0 radical (unpaired) electrons. The normalized spacial score (nSPS) is 11.4. The van der Waals surface area contributed by atoms with Gasteiger partial charge in [0.25, 0.3) is 0 Å². The van der Waals surface area contributed by atoms with E-state index in [0.717, 1.165) is 33.8 Å². The fourth-order valence-corrected chi connectivity index (χ4v) is 3.37. The molecule has 0 saturated heterocycles. The standard InChI is InChI=1S/C22H22N8/c1-14(2)16-12-24-30-20(16)28-21(25-15-8-4-3-5-9-15)29-22(30)23-13-19-26-17-10-6-7-11-18(17)27-19/h3-12,14H,13H2,1-2H3,(H,26,27)(H2,23,25,28,29). The van der Waals surface area contributed by atoms with Crippen LogP contribution in [-0.2, 0) is 6.54 Å². The molecule has 2 aromatic carbocycles. The first-order chi connectivity index (χ1) is 14.7. The first kappa shape index (κ1) is 18.1. The maximum atomic E-state index is 4.72. The zero-order valence-electron chi connectivity index (χ0n) is 16.8. The van der Waals surface area contributed by atoms with Crippen molar-refractivity contribution in [1.29, 1.82) is 0 Å². The van der Waals surface area contributed by atoms with Crippen molar-refractivity contribution < 1.29 is 0 Å². The van der Waals surface area contributed by atoms with E-state index in [4.69, 9.17) is 4.98 Å². The summed E-state index contributed by atoms with van der Waals surface area (Å²) in [4.78, 5) is 17.3. The zero-order chi connectivity index (χ0) is 20.5. The Hall–Kier alpha value is -3.94. The fourth-order valence-electron chi connectivity index (χ4n) is 3.37. The number of aromatic amines is 1. The Morgan fingerprint density at radius 1 is 0.967 bits per heavy atom. The molecule has 3 heterocycles. The second-order valence-electron chi connectivity index (χ2n) is 7.41. The van der Waals surface area contributed by atoms with Gasteiger partial charge in [0, 0.05) is 11.3 Å². The highest BCUT2D eigenvalue weighted by Gasteiger charge is 2.15. The molecule has 8 nitrogen and oxygen atoms in total. The summed E-state index contributed by atoms with van der Waals surface area (Å²) in [5.41, 5.74) is 4.73. The van der Waals surface area contributed by atoms with Crippen LogP contribution in [-0.4, -0.2) is 29.5 Å². The Kier molecular flexibility index (Phi) is 4.51. The number of para-hydroxylation sites is 3. The smallest absolute Gasteiger partial charge is 0.232 e. The van der Waals surface area contributed by atoms with Gasteiger partial charge in [-0.1, -0.05) is 44.2 Å². The molecule has 0 aliphatic rings. The predicted octanol–water partition coefficient (Wildman–Crippen LogP) is 4.48. The van der Waals surface area contributed by atoms with E-state index < -0.39 is 0 Å². The molecule has 0 bridgehead atoms. The summed E-state index contributed by atoms with van der Waals surface area (Å²) in [7, 11) is 0. The number of benzene rings is 2. The molecule has 0 amide bonds. The number of hydrogen-bond acceptors (Lipinski definition) is 6. The highest BCUT2D eigenvalue weighted by Crippen LogP contribution is 2.23. The molecule has 3 aromatic heterocycles. The Bertz CT molecular complexity index is 1270. The molecule has 3 N–H and O–H groups in total. The molecule has 0 spiro atoms. The maximum absolute atomic E-state index is 4.72. The van der Waals surface area contributed by atoms with E-state index in [1.807, 2.05) is 60.8 Å². The molecule has 0 unspecified atom stereocenters. The number of hydrogen-bond donors (Lipinski definition) is 3. The highest BCUT2D eigenvalue weighted by molar-refractivity contribution is 5.74. The topological polar surface area (TPSA) is 95.8 Å². The van der Waals surface area contributed by atoms with Crippen LogP contribution >= 0.6 is 0 Å².